The van der Waals surface area contributed by atoms with Crippen molar-refractivity contribution in [1.82, 2.24) is 89.6 Å². The zero-order chi connectivity index (χ0) is 86.5. The summed E-state index contributed by atoms with van der Waals surface area (Å²) in [6.07, 6.45) is 8.21. The van der Waals surface area contributed by atoms with Gasteiger partial charge in [-0.05, 0) is 89.0 Å². The number of aromatic nitrogens is 12. The van der Waals surface area contributed by atoms with Crippen molar-refractivity contribution >= 4 is 102 Å². The first-order valence-electron chi connectivity index (χ1n) is 39.0. The predicted octanol–water partition coefficient (Wildman–Crippen LogP) is 13.0. The van der Waals surface area contributed by atoms with Crippen molar-refractivity contribution in [3.63, 3.8) is 0 Å². The molecule has 0 aliphatic carbocycles. The molecule has 7 N–H and O–H groups in total. The number of aryl methyl sites for hydroxylation is 3. The standard InChI is InChI=1S/C28H28F4N8O2.C27H26F4N8O2.C26H24F4N8O2/c1-3-38-6-8-39(9-7-38)17-4-5-21(33-12-17)37-25-22(27(41)40-13-28(31,32)14-40)26(35-15-34-25)42-20-11-19(29)24-18(23(20)30)10-16(2)36-24;1-15-9-17-22(29)19(10-18(28)23(17)35-15)41-25-21(26(40)39-12-27(30,31)13-39)24(33-14-34-25)36-20-4-3-16(11-32-20)38-7-5-37(2)6-8-38;1-14-8-16-21(28)18(9-17(27)22(16)35-14)40-24-20(25(39)38-11-26(29,30)12-38)23(33-13-34-24)36-19-3-2-15(10-32-19)37-6-4-31-5-7-37/h4-5,10-12,15,36H,3,6-9,13-14H2,1-2H3,(H,33,34,35,37);3-4,9-11,14,35H,5-8,12-13H2,1-2H3,(H,32,33,34,36);2-3,8-10,13,31,35H,4-7,11-12H2,1H3,(H,32,33,34,36). The summed E-state index contributed by atoms with van der Waals surface area (Å²) in [5, 5.41) is 11.9. The first kappa shape index (κ1) is 83.3. The number of rotatable bonds is 19. The molecule has 42 heteroatoms. The van der Waals surface area contributed by atoms with Crippen molar-refractivity contribution in [3.05, 3.63) is 179 Å². The van der Waals surface area contributed by atoms with Crippen molar-refractivity contribution in [1.29, 1.82) is 0 Å². The Morgan fingerprint density at radius 1 is 0.407 bits per heavy atom. The minimum atomic E-state index is -3.04. The molecule has 0 unspecified atom stereocenters. The van der Waals surface area contributed by atoms with E-state index in [0.717, 1.165) is 154 Å². The maximum atomic E-state index is 15.3. The molecule has 9 aromatic heterocycles. The smallest absolute Gasteiger partial charge is 0.282 e. The van der Waals surface area contributed by atoms with Gasteiger partial charge in [0.1, 0.15) is 53.1 Å². The van der Waals surface area contributed by atoms with Gasteiger partial charge in [0.2, 0.25) is 17.6 Å². The summed E-state index contributed by atoms with van der Waals surface area (Å²) < 4.78 is 189. The number of likely N-dealkylation sites (N-methyl/N-ethyl adjacent to an activating group) is 2. The average molecular weight is 1710 g/mol. The van der Waals surface area contributed by atoms with Crippen LogP contribution in [0.15, 0.2) is 110 Å². The molecule has 0 bridgehead atoms. The average Bonchev–Trinajstić information content (AvgIpc) is 1.75. The largest absolute Gasteiger partial charge is 0.435 e. The predicted molar refractivity (Wildman–Crippen MR) is 429 cm³/mol. The van der Waals surface area contributed by atoms with Crippen LogP contribution >= 0.6 is 0 Å². The molecule has 6 aliphatic rings. The number of nitrogens with one attached hydrogen (secondary N) is 7. The van der Waals surface area contributed by atoms with Gasteiger partial charge in [0, 0.05) is 130 Å². The number of hydrogen-bond donors (Lipinski definition) is 7. The van der Waals surface area contributed by atoms with E-state index in [1.54, 1.807) is 57.6 Å². The molecule has 6 saturated heterocycles. The molecule has 3 aromatic carbocycles. The topological polar surface area (TPSA) is 316 Å². The number of benzene rings is 3. The summed E-state index contributed by atoms with van der Waals surface area (Å²) in [6.45, 7) is 13.7. The molecular formula is C81H78F12N24O6. The van der Waals surface area contributed by atoms with Gasteiger partial charge < -0.3 is 89.6 Å². The minimum absolute atomic E-state index is 0.0386. The van der Waals surface area contributed by atoms with Gasteiger partial charge in [-0.2, -0.15) is 0 Å². The van der Waals surface area contributed by atoms with Crippen molar-refractivity contribution in [3.8, 4) is 34.9 Å². The van der Waals surface area contributed by atoms with Gasteiger partial charge in [-0.3, -0.25) is 14.4 Å². The van der Waals surface area contributed by atoms with Crippen molar-refractivity contribution in [2.24, 2.45) is 0 Å². The van der Waals surface area contributed by atoms with Gasteiger partial charge in [0.25, 0.3) is 35.5 Å². The molecule has 18 rings (SSSR count). The Morgan fingerprint density at radius 2 is 0.707 bits per heavy atom. The number of ether oxygens (including phenoxy) is 3. The molecule has 0 saturated carbocycles. The van der Waals surface area contributed by atoms with Crippen molar-refractivity contribution in [2.45, 2.75) is 45.5 Å². The van der Waals surface area contributed by atoms with Gasteiger partial charge in [0.15, 0.2) is 69.6 Å². The van der Waals surface area contributed by atoms with E-state index in [0.29, 0.717) is 34.5 Å². The van der Waals surface area contributed by atoms with Crippen LogP contribution < -0.4 is 50.2 Å². The highest BCUT2D eigenvalue weighted by atomic mass is 19.3. The number of anilines is 9. The number of halogens is 12. The Balaban J connectivity index is 0.000000137. The van der Waals surface area contributed by atoms with Crippen molar-refractivity contribution < 1.29 is 81.3 Å². The van der Waals surface area contributed by atoms with Crippen LogP contribution in [0.2, 0.25) is 0 Å². The second-order valence-corrected chi connectivity index (χ2v) is 30.3. The molecule has 30 nitrogen and oxygen atoms in total. The van der Waals surface area contributed by atoms with E-state index in [9.17, 15) is 53.9 Å². The lowest BCUT2D eigenvalue weighted by Gasteiger charge is -2.38. The molecule has 12 aromatic rings. The quantitative estimate of drug-likeness (QED) is 0.0370. The first-order valence-corrected chi connectivity index (χ1v) is 39.0. The Labute approximate surface area is 692 Å². The Hall–Kier alpha value is -13.4. The maximum Gasteiger partial charge on any atom is 0.282 e. The molecule has 123 heavy (non-hydrogen) atoms. The van der Waals surface area contributed by atoms with Crippen LogP contribution in [0.3, 0.4) is 0 Å². The summed E-state index contributed by atoms with van der Waals surface area (Å²) in [4.78, 5) is 99.8. The first-order chi connectivity index (χ1) is 58.9. The van der Waals surface area contributed by atoms with Gasteiger partial charge >= 0.3 is 0 Å². The highest BCUT2D eigenvalue weighted by Gasteiger charge is 2.50. The highest BCUT2D eigenvalue weighted by Crippen LogP contribution is 2.43. The molecule has 0 atom stereocenters. The molecule has 6 aliphatic heterocycles. The molecule has 6 fully saturated rings. The number of amides is 3. The molecule has 3 amide bonds. The second-order valence-electron chi connectivity index (χ2n) is 30.3. The number of likely N-dealkylation sites (tertiary alicyclic amines) is 3. The van der Waals surface area contributed by atoms with E-state index in [-0.39, 0.29) is 66.9 Å². The second kappa shape index (κ2) is 33.9. The summed E-state index contributed by atoms with van der Waals surface area (Å²) in [5.41, 5.74) is 3.27. The fourth-order valence-corrected chi connectivity index (χ4v) is 14.8. The van der Waals surface area contributed by atoms with Crippen LogP contribution in [0, 0.1) is 55.7 Å². The third-order valence-corrected chi connectivity index (χ3v) is 21.3. The highest BCUT2D eigenvalue weighted by molar-refractivity contribution is 6.04. The number of aromatic amines is 3. The number of pyridine rings is 3. The fraction of sp³-hybridized carbons (Fsp3) is 0.333. The number of nitrogens with zero attached hydrogens (tertiary/aromatic N) is 17. The summed E-state index contributed by atoms with van der Waals surface area (Å²) in [7, 11) is 2.06. The van der Waals surface area contributed by atoms with Gasteiger partial charge in [-0.25, -0.2) is 97.5 Å². The van der Waals surface area contributed by atoms with Crippen molar-refractivity contribution in [2.75, 3.05) is 162 Å². The van der Waals surface area contributed by atoms with E-state index in [1.807, 2.05) is 18.2 Å². The molecule has 0 spiro atoms. The number of carbonyl (C=O) groups excluding carboxylic acids is 3. The number of alkyl halides is 6. The number of piperazine rings is 3. The number of hydrogen-bond acceptors (Lipinski definition) is 24. The van der Waals surface area contributed by atoms with Crippen LogP contribution in [0.25, 0.3) is 32.7 Å². The van der Waals surface area contributed by atoms with E-state index in [1.165, 1.54) is 18.2 Å². The Morgan fingerprint density at radius 3 is 0.992 bits per heavy atom. The molecule has 15 heterocycles. The SMILES string of the molecule is CCN1CCN(c2ccc(Nc3ncnc(Oc4cc(F)c5[nH]c(C)cc5c4F)c3C(=O)N3CC(F)(F)C3)nc2)CC1.Cc1cc2c(F)c(Oc3ncnc(Nc4ccc(N5CCN(C)CC5)cn4)c3C(=O)N3CC(F)(F)C3)cc(F)c2[nH]1.Cc1cc2c(F)c(Oc3ncnc(Nc4ccc(N5CCNCC5)cn4)c3C(=O)N3CC(F)(F)C3)cc(F)c2[nH]1. The number of carbonyl (C=O) groups is 3. The zero-order valence-electron chi connectivity index (χ0n) is 66.4. The lowest BCUT2D eigenvalue weighted by atomic mass is 10.1. The van der Waals surface area contributed by atoms with Crippen LogP contribution in [0.1, 0.15) is 55.1 Å². The lowest BCUT2D eigenvalue weighted by molar-refractivity contribution is -0.113. The van der Waals surface area contributed by atoms with Gasteiger partial charge in [0.05, 0.1) is 91.5 Å². The van der Waals surface area contributed by atoms with Crippen LogP contribution in [-0.4, -0.2) is 251 Å². The number of H-pyrrole nitrogens is 3. The van der Waals surface area contributed by atoms with Gasteiger partial charge in [-0.15, -0.1) is 0 Å². The maximum absolute atomic E-state index is 15.3. The van der Waals surface area contributed by atoms with E-state index in [4.69, 9.17) is 14.2 Å². The molecule has 642 valence electrons. The third kappa shape index (κ3) is 17.9. The van der Waals surface area contributed by atoms with E-state index < -0.39 is 145 Å². The Kier molecular flexibility index (Phi) is 23.0. The fourth-order valence-electron chi connectivity index (χ4n) is 14.8. The van der Waals surface area contributed by atoms with Crippen LogP contribution in [-0.2, 0) is 0 Å². The minimum Gasteiger partial charge on any atom is -0.435 e. The number of fused-ring (bicyclic) bond motifs is 3. The van der Waals surface area contributed by atoms with E-state index in [2.05, 4.69) is 120 Å². The normalized spacial score (nSPS) is 16.9. The third-order valence-electron chi connectivity index (χ3n) is 21.3. The summed E-state index contributed by atoms with van der Waals surface area (Å²) in [6, 6.07) is 17.4. The summed E-state index contributed by atoms with van der Waals surface area (Å²) in [5.74, 6) is -18.9. The van der Waals surface area contributed by atoms with Crippen LogP contribution in [0.4, 0.5) is 105 Å². The molecule has 0 radical (unpaired) electrons. The monoisotopic (exact) mass is 1710 g/mol. The lowest BCUT2D eigenvalue weighted by Crippen LogP contribution is -2.58. The summed E-state index contributed by atoms with van der Waals surface area (Å²) >= 11 is 0. The van der Waals surface area contributed by atoms with E-state index >= 15 is 13.2 Å². The van der Waals surface area contributed by atoms with Crippen LogP contribution in [0.5, 0.6) is 34.9 Å². The van der Waals surface area contributed by atoms with Gasteiger partial charge in [-0.1, -0.05) is 6.92 Å². The zero-order valence-corrected chi connectivity index (χ0v) is 66.4. The Bertz CT molecular complexity index is 5960. The molecular weight excluding hydrogens is 1630 g/mol.